The first-order chi connectivity index (χ1) is 6.52. The van der Waals surface area contributed by atoms with E-state index in [1.807, 2.05) is 0 Å². The third kappa shape index (κ3) is 2.31. The van der Waals surface area contributed by atoms with Crippen LogP contribution in [0.15, 0.2) is 0 Å². The molecular formula is C9H13NO4. The zero-order valence-electron chi connectivity index (χ0n) is 8.28. The number of nitrogens with zero attached hydrogens (tertiary/aromatic N) is 1. The Kier molecular flexibility index (Phi) is 3.22. The molecule has 78 valence electrons. The molecule has 1 heterocycles. The molecule has 0 radical (unpaired) electrons. The van der Waals surface area contributed by atoms with Gasteiger partial charge in [-0.05, 0) is 12.8 Å². The van der Waals surface area contributed by atoms with Crippen molar-refractivity contribution in [2.24, 2.45) is 0 Å². The van der Waals surface area contributed by atoms with Gasteiger partial charge in [-0.3, -0.25) is 9.59 Å². The van der Waals surface area contributed by atoms with Crippen molar-refractivity contribution < 1.29 is 19.1 Å². The lowest BCUT2D eigenvalue weighted by Gasteiger charge is -2.20. The Labute approximate surface area is 82.0 Å². The second kappa shape index (κ2) is 4.21. The Bertz CT molecular complexity index is 274. The molecule has 1 atom stereocenters. The molecule has 1 amide bonds. The Morgan fingerprint density at radius 3 is 2.43 bits per heavy atom. The summed E-state index contributed by atoms with van der Waals surface area (Å²) in [7, 11) is 0. The summed E-state index contributed by atoms with van der Waals surface area (Å²) in [6.45, 7) is 3.14. The molecule has 1 aliphatic heterocycles. The van der Waals surface area contributed by atoms with Crippen molar-refractivity contribution in [1.29, 1.82) is 0 Å². The number of esters is 2. The van der Waals surface area contributed by atoms with Crippen LogP contribution in [0.5, 0.6) is 0 Å². The number of hydrogen-bond acceptors (Lipinski definition) is 4. The highest BCUT2D eigenvalue weighted by Crippen LogP contribution is 2.18. The highest BCUT2D eigenvalue weighted by atomic mass is 16.6. The lowest BCUT2D eigenvalue weighted by atomic mass is 10.2. The van der Waals surface area contributed by atoms with Gasteiger partial charge in [0.15, 0.2) is 0 Å². The molecule has 1 fully saturated rings. The molecule has 1 rings (SSSR count). The molecule has 0 aromatic rings. The minimum absolute atomic E-state index is 0.159. The second-order valence-electron chi connectivity index (χ2n) is 3.28. The molecule has 0 aromatic heterocycles. The lowest BCUT2D eigenvalue weighted by Crippen LogP contribution is -2.40. The van der Waals surface area contributed by atoms with Crippen molar-refractivity contribution in [3.63, 3.8) is 0 Å². The van der Waals surface area contributed by atoms with Crippen LogP contribution in [0.25, 0.3) is 0 Å². The number of hydrogen-bond donors (Lipinski definition) is 0. The first kappa shape index (κ1) is 10.7. The Morgan fingerprint density at radius 1 is 1.29 bits per heavy atom. The smallest absolute Gasteiger partial charge is 0.336 e. The molecule has 0 spiro atoms. The number of carbonyl (C=O) groups is 3. The molecule has 1 saturated heterocycles. The monoisotopic (exact) mass is 199 g/mol. The zero-order chi connectivity index (χ0) is 10.7. The molecule has 0 N–H and O–H groups in total. The zero-order valence-corrected chi connectivity index (χ0v) is 8.28. The van der Waals surface area contributed by atoms with Crippen molar-refractivity contribution in [2.45, 2.75) is 32.7 Å². The predicted molar refractivity (Wildman–Crippen MR) is 47.2 cm³/mol. The van der Waals surface area contributed by atoms with Crippen molar-refractivity contribution in [3.8, 4) is 0 Å². The van der Waals surface area contributed by atoms with E-state index in [4.69, 9.17) is 0 Å². The fourth-order valence-electron chi connectivity index (χ4n) is 1.60. The van der Waals surface area contributed by atoms with Gasteiger partial charge in [0.1, 0.15) is 6.04 Å². The van der Waals surface area contributed by atoms with Gasteiger partial charge in [0.25, 0.3) is 0 Å². The molecule has 0 unspecified atom stereocenters. The predicted octanol–water partition coefficient (Wildman–Crippen LogP) is 0.0870. The van der Waals surface area contributed by atoms with E-state index in [1.54, 1.807) is 0 Å². The number of carbonyl (C=O) groups excluding carboxylic acids is 3. The number of likely N-dealkylation sites (tertiary alicyclic amines) is 1. The average molecular weight is 199 g/mol. The van der Waals surface area contributed by atoms with Gasteiger partial charge in [0.05, 0.1) is 0 Å². The largest absolute Gasteiger partial charge is 0.392 e. The number of ether oxygens (including phenoxy) is 1. The van der Waals surface area contributed by atoms with Crippen LogP contribution in [0, 0.1) is 0 Å². The van der Waals surface area contributed by atoms with Crippen LogP contribution in [0.4, 0.5) is 0 Å². The van der Waals surface area contributed by atoms with Crippen molar-refractivity contribution >= 4 is 17.8 Å². The van der Waals surface area contributed by atoms with Gasteiger partial charge in [-0.1, -0.05) is 0 Å². The van der Waals surface area contributed by atoms with E-state index < -0.39 is 18.0 Å². The van der Waals surface area contributed by atoms with E-state index in [2.05, 4.69) is 4.74 Å². The van der Waals surface area contributed by atoms with E-state index in [1.165, 1.54) is 18.7 Å². The summed E-state index contributed by atoms with van der Waals surface area (Å²) in [4.78, 5) is 34.4. The number of rotatable bonds is 1. The first-order valence-corrected chi connectivity index (χ1v) is 4.52. The van der Waals surface area contributed by atoms with Gasteiger partial charge in [-0.2, -0.15) is 0 Å². The van der Waals surface area contributed by atoms with Crippen LogP contribution in [0.2, 0.25) is 0 Å². The summed E-state index contributed by atoms with van der Waals surface area (Å²) < 4.78 is 4.44. The van der Waals surface area contributed by atoms with E-state index in [9.17, 15) is 14.4 Å². The van der Waals surface area contributed by atoms with Gasteiger partial charge in [-0.15, -0.1) is 0 Å². The lowest BCUT2D eigenvalue weighted by molar-refractivity contribution is -0.163. The van der Waals surface area contributed by atoms with E-state index in [0.29, 0.717) is 13.0 Å². The summed E-state index contributed by atoms with van der Waals surface area (Å²) in [6, 6.07) is -0.573. The third-order valence-corrected chi connectivity index (χ3v) is 2.17. The van der Waals surface area contributed by atoms with Crippen LogP contribution in [0.3, 0.4) is 0 Å². The van der Waals surface area contributed by atoms with Gasteiger partial charge < -0.3 is 9.64 Å². The van der Waals surface area contributed by atoms with E-state index in [0.717, 1.165) is 6.42 Å². The van der Waals surface area contributed by atoms with Crippen LogP contribution in [0.1, 0.15) is 26.7 Å². The Morgan fingerprint density at radius 2 is 1.93 bits per heavy atom. The SMILES string of the molecule is CC(=O)OC(=O)[C@@H]1CCCN1C(C)=O. The third-order valence-electron chi connectivity index (χ3n) is 2.17. The van der Waals surface area contributed by atoms with Crippen LogP contribution >= 0.6 is 0 Å². The van der Waals surface area contributed by atoms with Gasteiger partial charge in [0, 0.05) is 20.4 Å². The molecule has 1 aliphatic rings. The van der Waals surface area contributed by atoms with Crippen LogP contribution in [-0.2, 0) is 19.1 Å². The summed E-state index contributed by atoms with van der Waals surface area (Å²) in [5.74, 6) is -1.41. The Balaban J connectivity index is 2.62. The van der Waals surface area contributed by atoms with Crippen molar-refractivity contribution in [3.05, 3.63) is 0 Å². The van der Waals surface area contributed by atoms with Crippen molar-refractivity contribution in [1.82, 2.24) is 4.90 Å². The summed E-state index contributed by atoms with van der Waals surface area (Å²) in [6.07, 6.45) is 1.35. The van der Waals surface area contributed by atoms with Crippen LogP contribution in [-0.4, -0.2) is 35.3 Å². The standard InChI is InChI=1S/C9H13NO4/c1-6(11)10-5-3-4-8(10)9(13)14-7(2)12/h8H,3-5H2,1-2H3/t8-/m0/s1. The summed E-state index contributed by atoms with van der Waals surface area (Å²) >= 11 is 0. The molecule has 5 nitrogen and oxygen atoms in total. The van der Waals surface area contributed by atoms with Crippen molar-refractivity contribution in [2.75, 3.05) is 6.54 Å². The van der Waals surface area contributed by atoms with E-state index >= 15 is 0 Å². The molecule has 14 heavy (non-hydrogen) atoms. The van der Waals surface area contributed by atoms with Gasteiger partial charge in [0.2, 0.25) is 5.91 Å². The maximum absolute atomic E-state index is 11.3. The maximum atomic E-state index is 11.3. The minimum atomic E-state index is -0.634. The minimum Gasteiger partial charge on any atom is -0.392 e. The van der Waals surface area contributed by atoms with Gasteiger partial charge in [-0.25, -0.2) is 4.79 Å². The topological polar surface area (TPSA) is 63.7 Å². The molecule has 0 saturated carbocycles. The Hall–Kier alpha value is -1.39. The normalized spacial score (nSPS) is 20.7. The summed E-state index contributed by atoms with van der Waals surface area (Å²) in [5, 5.41) is 0. The fourth-order valence-corrected chi connectivity index (χ4v) is 1.60. The highest BCUT2D eigenvalue weighted by molar-refractivity contribution is 5.90. The molecule has 0 aliphatic carbocycles. The van der Waals surface area contributed by atoms with Crippen LogP contribution < -0.4 is 0 Å². The van der Waals surface area contributed by atoms with Gasteiger partial charge >= 0.3 is 11.9 Å². The molecule has 0 aromatic carbocycles. The number of amides is 1. The molecule has 0 bridgehead atoms. The first-order valence-electron chi connectivity index (χ1n) is 4.52. The molecular weight excluding hydrogens is 186 g/mol. The van der Waals surface area contributed by atoms with E-state index in [-0.39, 0.29) is 5.91 Å². The summed E-state index contributed by atoms with van der Waals surface area (Å²) in [5.41, 5.74) is 0. The highest BCUT2D eigenvalue weighted by Gasteiger charge is 2.34. The molecule has 5 heteroatoms. The average Bonchev–Trinajstić information content (AvgIpc) is 2.49. The fraction of sp³-hybridized carbons (Fsp3) is 0.667. The quantitative estimate of drug-likeness (QED) is 0.443. The maximum Gasteiger partial charge on any atom is 0.336 e. The second-order valence-corrected chi connectivity index (χ2v) is 3.28.